The summed E-state index contributed by atoms with van der Waals surface area (Å²) in [6.07, 6.45) is 0.170. The fraction of sp³-hybridized carbons (Fsp3) is 0.421. The number of nitrogens with zero attached hydrogens (tertiary/aromatic N) is 4. The zero-order valence-corrected chi connectivity index (χ0v) is 32.2. The number of halogens is 3. The van der Waals surface area contributed by atoms with E-state index in [9.17, 15) is 18.4 Å². The zero-order valence-electron chi connectivity index (χ0n) is 31.2. The summed E-state index contributed by atoms with van der Waals surface area (Å²) in [5, 5.41) is 3.80. The maximum Gasteiger partial charge on any atom is 0.309 e. The number of amides is 1. The third-order valence-corrected chi connectivity index (χ3v) is 13.7. The van der Waals surface area contributed by atoms with Crippen LogP contribution in [0.2, 0.25) is 18.1 Å². The summed E-state index contributed by atoms with van der Waals surface area (Å²) in [5.41, 5.74) is 2.14. The fourth-order valence-corrected chi connectivity index (χ4v) is 6.24. The Hall–Kier alpha value is -4.65. The highest BCUT2D eigenvalue weighted by molar-refractivity contribution is 6.74. The van der Waals surface area contributed by atoms with Gasteiger partial charge in [-0.25, -0.2) is 14.4 Å². The van der Waals surface area contributed by atoms with Crippen LogP contribution in [0.1, 0.15) is 63.2 Å². The highest BCUT2D eigenvalue weighted by Crippen LogP contribution is 2.40. The molecule has 13 heteroatoms. The maximum absolute atomic E-state index is 15.6. The first-order valence-electron chi connectivity index (χ1n) is 16.7. The number of nitrogens with one attached hydrogen (secondary N) is 1. The summed E-state index contributed by atoms with van der Waals surface area (Å²) in [7, 11) is 3.15. The minimum Gasteiger partial charge on any atom is -0.543 e. The first-order valence-corrected chi connectivity index (χ1v) is 19.6. The van der Waals surface area contributed by atoms with E-state index in [4.69, 9.17) is 4.43 Å². The lowest BCUT2D eigenvalue weighted by Crippen LogP contribution is -2.44. The molecule has 0 fully saturated rings. The Kier molecular flexibility index (Phi) is 11.4. The van der Waals surface area contributed by atoms with Crippen LogP contribution in [-0.4, -0.2) is 62.8 Å². The molecule has 0 radical (unpaired) electrons. The number of hydrogen-bond acceptors (Lipinski definition) is 8. The van der Waals surface area contributed by atoms with Gasteiger partial charge in [0.1, 0.15) is 23.2 Å². The molecular weight excluding hydrogens is 676 g/mol. The number of carbonyl (C=O) groups excluding carboxylic acids is 2. The van der Waals surface area contributed by atoms with Gasteiger partial charge in [-0.3, -0.25) is 9.59 Å². The summed E-state index contributed by atoms with van der Waals surface area (Å²) in [5.74, 6) is -4.21. The van der Waals surface area contributed by atoms with Gasteiger partial charge < -0.3 is 24.3 Å². The van der Waals surface area contributed by atoms with Crippen molar-refractivity contribution in [3.8, 4) is 5.75 Å². The number of carbonyl (C=O) groups is 2. The molecule has 0 spiro atoms. The van der Waals surface area contributed by atoms with Gasteiger partial charge in [0, 0.05) is 56.0 Å². The lowest BCUT2D eigenvalue weighted by molar-refractivity contribution is -0.154. The number of aryl methyl sites for hydroxylation is 1. The Morgan fingerprint density at radius 1 is 0.980 bits per heavy atom. The van der Waals surface area contributed by atoms with E-state index >= 15 is 4.39 Å². The molecule has 1 amide bonds. The number of fused-ring (bicyclic) bond motifs is 1. The van der Waals surface area contributed by atoms with Crippen molar-refractivity contribution in [2.75, 3.05) is 38.0 Å². The summed E-state index contributed by atoms with van der Waals surface area (Å²) >= 11 is 0. The van der Waals surface area contributed by atoms with Crippen LogP contribution >= 0.6 is 0 Å². The van der Waals surface area contributed by atoms with Crippen LogP contribution in [-0.2, 0) is 26.7 Å². The largest absolute Gasteiger partial charge is 0.543 e. The molecule has 0 aliphatic carbocycles. The number of ether oxygens (including phenoxy) is 1. The molecule has 1 N–H and O–H groups in total. The number of likely N-dealkylation sites (N-methyl/N-ethyl adjacent to an activating group) is 1. The second kappa shape index (κ2) is 14.9. The van der Waals surface area contributed by atoms with Crippen LogP contribution < -0.4 is 14.6 Å². The van der Waals surface area contributed by atoms with E-state index in [1.54, 1.807) is 32.8 Å². The highest BCUT2D eigenvalue weighted by atomic mass is 28.4. The van der Waals surface area contributed by atoms with Crippen molar-refractivity contribution >= 4 is 48.3 Å². The standard InChI is InChI=1S/C38H48F3N5O4Si/c1-23(29-13-12-14-31(35(29)39)38(40,41)22-49-25(3)47)42-36-30-21-28(15-17-32(30)43-24(2)44-36)46(9)27-16-18-33(50-51(10,11)37(4,5)6)26(19-27)20-34(48)45(7)8/h12-19,21,23H,20,22H2,1-11H3,(H,42,43,44)/t23-/m1/s1. The number of esters is 1. The van der Waals surface area contributed by atoms with Crippen molar-refractivity contribution < 1.29 is 31.9 Å². The molecule has 0 saturated heterocycles. The van der Waals surface area contributed by atoms with Crippen molar-refractivity contribution in [1.29, 1.82) is 0 Å². The lowest BCUT2D eigenvalue weighted by Gasteiger charge is -2.37. The first kappa shape index (κ1) is 39.1. The van der Waals surface area contributed by atoms with Crippen LogP contribution in [0.25, 0.3) is 10.9 Å². The second-order valence-corrected chi connectivity index (χ2v) is 19.3. The van der Waals surface area contributed by atoms with Gasteiger partial charge in [-0.1, -0.05) is 32.9 Å². The van der Waals surface area contributed by atoms with E-state index in [0.717, 1.165) is 29.9 Å². The number of rotatable bonds is 12. The van der Waals surface area contributed by atoms with Gasteiger partial charge in [-0.05, 0) is 74.4 Å². The van der Waals surface area contributed by atoms with Crippen LogP contribution in [0.4, 0.5) is 30.4 Å². The number of aromatic nitrogens is 2. The Labute approximate surface area is 299 Å². The molecule has 4 rings (SSSR count). The van der Waals surface area contributed by atoms with Crippen molar-refractivity contribution in [2.24, 2.45) is 0 Å². The normalized spacial score (nSPS) is 12.7. The Morgan fingerprint density at radius 2 is 1.63 bits per heavy atom. The predicted octanol–water partition coefficient (Wildman–Crippen LogP) is 8.69. The maximum atomic E-state index is 15.6. The molecule has 274 valence electrons. The minimum absolute atomic E-state index is 0.00695. The molecule has 1 heterocycles. The molecule has 4 aromatic rings. The van der Waals surface area contributed by atoms with Gasteiger partial charge in [0.15, 0.2) is 6.61 Å². The number of alkyl halides is 2. The Bertz CT molecular complexity index is 1930. The minimum atomic E-state index is -3.72. The molecule has 3 aromatic carbocycles. The molecule has 9 nitrogen and oxygen atoms in total. The molecule has 0 saturated carbocycles. The van der Waals surface area contributed by atoms with E-state index in [1.165, 1.54) is 12.1 Å². The third kappa shape index (κ3) is 8.99. The lowest BCUT2D eigenvalue weighted by atomic mass is 10.00. The van der Waals surface area contributed by atoms with E-state index in [1.807, 2.05) is 48.3 Å². The molecule has 0 bridgehead atoms. The quantitative estimate of drug-likeness (QED) is 0.115. The smallest absolute Gasteiger partial charge is 0.309 e. The average Bonchev–Trinajstić information content (AvgIpc) is 3.03. The topological polar surface area (TPSA) is 96.9 Å². The Balaban J connectivity index is 1.71. The first-order chi connectivity index (χ1) is 23.6. The zero-order chi connectivity index (χ0) is 38.1. The molecule has 51 heavy (non-hydrogen) atoms. The number of hydrogen-bond donors (Lipinski definition) is 1. The van der Waals surface area contributed by atoms with Crippen molar-refractivity contribution in [2.45, 2.75) is 78.1 Å². The molecule has 0 aliphatic heterocycles. The monoisotopic (exact) mass is 723 g/mol. The third-order valence-electron chi connectivity index (χ3n) is 9.32. The van der Waals surface area contributed by atoms with Crippen molar-refractivity contribution in [3.63, 3.8) is 0 Å². The van der Waals surface area contributed by atoms with Crippen LogP contribution in [0.3, 0.4) is 0 Å². The number of anilines is 3. The molecule has 1 atom stereocenters. The van der Waals surface area contributed by atoms with E-state index in [2.05, 4.69) is 53.9 Å². The van der Waals surface area contributed by atoms with Gasteiger partial charge in [0.25, 0.3) is 0 Å². The average molecular weight is 724 g/mol. The van der Waals surface area contributed by atoms with Gasteiger partial charge in [0.05, 0.1) is 23.5 Å². The highest BCUT2D eigenvalue weighted by Gasteiger charge is 2.40. The van der Waals surface area contributed by atoms with Crippen LogP contribution in [0.15, 0.2) is 54.6 Å². The predicted molar refractivity (Wildman–Crippen MR) is 198 cm³/mol. The van der Waals surface area contributed by atoms with Gasteiger partial charge in [-0.2, -0.15) is 8.78 Å². The van der Waals surface area contributed by atoms with Crippen molar-refractivity contribution in [1.82, 2.24) is 14.9 Å². The van der Waals surface area contributed by atoms with Crippen LogP contribution in [0, 0.1) is 12.7 Å². The van der Waals surface area contributed by atoms with Gasteiger partial charge in [-0.15, -0.1) is 0 Å². The van der Waals surface area contributed by atoms with Crippen molar-refractivity contribution in [3.05, 3.63) is 82.9 Å². The van der Waals surface area contributed by atoms with E-state index in [0.29, 0.717) is 28.3 Å². The summed E-state index contributed by atoms with van der Waals surface area (Å²) in [4.78, 5) is 36.7. The second-order valence-electron chi connectivity index (χ2n) is 14.6. The SMILES string of the molecule is CC(=O)OCC(F)(F)c1cccc([C@@H](C)Nc2nc(C)nc3ccc(N(C)c4ccc(O[Si](C)(C)C(C)(C)C)c(CC(=O)N(C)C)c4)cc23)c1F. The molecule has 0 aliphatic rings. The molecule has 0 unspecified atom stereocenters. The summed E-state index contributed by atoms with van der Waals surface area (Å²) in [6, 6.07) is 14.5. The summed E-state index contributed by atoms with van der Waals surface area (Å²) < 4.78 is 56.5. The summed E-state index contributed by atoms with van der Waals surface area (Å²) in [6.45, 7) is 14.0. The molecule has 1 aromatic heterocycles. The van der Waals surface area contributed by atoms with Crippen LogP contribution in [0.5, 0.6) is 5.75 Å². The van der Waals surface area contributed by atoms with E-state index in [-0.39, 0.29) is 22.9 Å². The Morgan fingerprint density at radius 3 is 2.25 bits per heavy atom. The number of benzene rings is 3. The molecular formula is C38H48F3N5O4Si. The van der Waals surface area contributed by atoms with Gasteiger partial charge in [0.2, 0.25) is 14.2 Å². The fourth-order valence-electron chi connectivity index (χ4n) is 5.18. The van der Waals surface area contributed by atoms with Gasteiger partial charge >= 0.3 is 11.9 Å². The van der Waals surface area contributed by atoms with E-state index < -0.39 is 44.2 Å².